The van der Waals surface area contributed by atoms with Crippen LogP contribution in [0.3, 0.4) is 0 Å². The van der Waals surface area contributed by atoms with Crippen molar-refractivity contribution in [2.75, 3.05) is 7.05 Å². The number of hydrogen-bond acceptors (Lipinski definition) is 2. The Kier molecular flexibility index (Phi) is 4.66. The summed E-state index contributed by atoms with van der Waals surface area (Å²) >= 11 is 5.87. The van der Waals surface area contributed by atoms with Crippen molar-refractivity contribution >= 4 is 17.5 Å². The average Bonchev–Trinajstić information content (AvgIpc) is 2.47. The van der Waals surface area contributed by atoms with E-state index >= 15 is 0 Å². The SMILES string of the molecule is CNC(=O)c1ccccc1C[C@](C)(O)c1ccc(Cl)cc1. The number of carbonyl (C=O) groups is 1. The molecule has 0 aliphatic heterocycles. The van der Waals surface area contributed by atoms with Crippen LogP contribution in [0.5, 0.6) is 0 Å². The smallest absolute Gasteiger partial charge is 0.251 e. The predicted molar refractivity (Wildman–Crippen MR) is 84.6 cm³/mol. The van der Waals surface area contributed by atoms with E-state index in [1.165, 1.54) is 0 Å². The molecule has 1 atom stereocenters. The Morgan fingerprint density at radius 1 is 1.19 bits per heavy atom. The lowest BCUT2D eigenvalue weighted by Crippen LogP contribution is -2.27. The Morgan fingerprint density at radius 3 is 2.43 bits per heavy atom. The molecule has 0 radical (unpaired) electrons. The molecule has 0 aliphatic rings. The van der Waals surface area contributed by atoms with E-state index in [2.05, 4.69) is 5.32 Å². The summed E-state index contributed by atoms with van der Waals surface area (Å²) in [7, 11) is 1.59. The summed E-state index contributed by atoms with van der Waals surface area (Å²) in [4.78, 5) is 11.9. The monoisotopic (exact) mass is 303 g/mol. The number of aliphatic hydroxyl groups is 1. The molecule has 0 aliphatic carbocycles. The van der Waals surface area contributed by atoms with Gasteiger partial charge in [0.1, 0.15) is 0 Å². The lowest BCUT2D eigenvalue weighted by Gasteiger charge is -2.25. The Bertz CT molecular complexity index is 635. The fourth-order valence-corrected chi connectivity index (χ4v) is 2.44. The molecule has 0 unspecified atom stereocenters. The van der Waals surface area contributed by atoms with Crippen LogP contribution < -0.4 is 5.32 Å². The number of carbonyl (C=O) groups excluding carboxylic acids is 1. The van der Waals surface area contributed by atoms with Crippen LogP contribution >= 0.6 is 11.6 Å². The molecule has 1 amide bonds. The van der Waals surface area contributed by atoms with E-state index in [1.54, 1.807) is 44.3 Å². The fraction of sp³-hybridized carbons (Fsp3) is 0.235. The van der Waals surface area contributed by atoms with Gasteiger partial charge in [-0.2, -0.15) is 0 Å². The van der Waals surface area contributed by atoms with Gasteiger partial charge in [0.15, 0.2) is 0 Å². The van der Waals surface area contributed by atoms with Crippen molar-refractivity contribution in [2.24, 2.45) is 0 Å². The van der Waals surface area contributed by atoms with E-state index in [1.807, 2.05) is 18.2 Å². The molecule has 0 heterocycles. The second-order valence-electron chi connectivity index (χ2n) is 5.19. The molecule has 4 heteroatoms. The van der Waals surface area contributed by atoms with Gasteiger partial charge < -0.3 is 10.4 Å². The molecule has 0 bridgehead atoms. The third-order valence-electron chi connectivity index (χ3n) is 3.49. The summed E-state index contributed by atoms with van der Waals surface area (Å²) in [6.07, 6.45) is 0.345. The summed E-state index contributed by atoms with van der Waals surface area (Å²) in [5.74, 6) is -0.155. The van der Waals surface area contributed by atoms with Gasteiger partial charge in [-0.1, -0.05) is 41.9 Å². The number of benzene rings is 2. The molecule has 2 aromatic rings. The first-order valence-electron chi connectivity index (χ1n) is 6.72. The molecule has 3 nitrogen and oxygen atoms in total. The van der Waals surface area contributed by atoms with Crippen molar-refractivity contribution in [2.45, 2.75) is 18.9 Å². The minimum atomic E-state index is -1.07. The minimum absolute atomic E-state index is 0.155. The van der Waals surface area contributed by atoms with Gasteiger partial charge in [0.05, 0.1) is 5.60 Å². The Hall–Kier alpha value is -1.84. The molecule has 0 aromatic heterocycles. The van der Waals surface area contributed by atoms with Crippen LogP contribution in [0.4, 0.5) is 0 Å². The van der Waals surface area contributed by atoms with E-state index in [0.717, 1.165) is 11.1 Å². The van der Waals surface area contributed by atoms with Crippen molar-refractivity contribution in [3.05, 3.63) is 70.2 Å². The summed E-state index contributed by atoms with van der Waals surface area (Å²) in [5, 5.41) is 14.0. The molecule has 0 spiro atoms. The van der Waals surface area contributed by atoms with Gasteiger partial charge in [-0.05, 0) is 36.2 Å². The lowest BCUT2D eigenvalue weighted by atomic mass is 9.87. The zero-order valence-corrected chi connectivity index (χ0v) is 12.8. The zero-order valence-electron chi connectivity index (χ0n) is 12.1. The van der Waals surface area contributed by atoms with Gasteiger partial charge >= 0.3 is 0 Å². The zero-order chi connectivity index (χ0) is 15.5. The van der Waals surface area contributed by atoms with Crippen molar-refractivity contribution in [1.29, 1.82) is 0 Å². The highest BCUT2D eigenvalue weighted by Gasteiger charge is 2.25. The van der Waals surface area contributed by atoms with Crippen molar-refractivity contribution in [3.8, 4) is 0 Å². The number of rotatable bonds is 4. The van der Waals surface area contributed by atoms with Crippen LogP contribution in [0.25, 0.3) is 0 Å². The van der Waals surface area contributed by atoms with E-state index in [9.17, 15) is 9.90 Å². The van der Waals surface area contributed by atoms with E-state index in [-0.39, 0.29) is 5.91 Å². The van der Waals surface area contributed by atoms with Gasteiger partial charge in [0.25, 0.3) is 5.91 Å². The molecule has 0 saturated heterocycles. The highest BCUT2D eigenvalue weighted by molar-refractivity contribution is 6.30. The largest absolute Gasteiger partial charge is 0.385 e. The summed E-state index contributed by atoms with van der Waals surface area (Å²) < 4.78 is 0. The number of halogens is 1. The predicted octanol–water partition coefficient (Wildman–Crippen LogP) is 3.15. The molecular formula is C17H18ClNO2. The van der Waals surface area contributed by atoms with Crippen molar-refractivity contribution in [3.63, 3.8) is 0 Å². The second kappa shape index (κ2) is 6.29. The van der Waals surface area contributed by atoms with E-state index < -0.39 is 5.60 Å². The number of hydrogen-bond donors (Lipinski definition) is 2. The summed E-state index contributed by atoms with van der Waals surface area (Å²) in [6.45, 7) is 1.73. The van der Waals surface area contributed by atoms with E-state index in [4.69, 9.17) is 11.6 Å². The minimum Gasteiger partial charge on any atom is -0.385 e. The summed E-state index contributed by atoms with van der Waals surface area (Å²) in [6, 6.07) is 14.4. The molecule has 2 N–H and O–H groups in total. The molecule has 0 fully saturated rings. The Labute approximate surface area is 129 Å². The standard InChI is InChI=1S/C17H18ClNO2/c1-17(21,13-7-9-14(18)10-8-13)11-12-5-3-4-6-15(12)16(20)19-2/h3-10,21H,11H2,1-2H3,(H,19,20)/t17-/m0/s1. The first-order chi connectivity index (χ1) is 9.94. The lowest BCUT2D eigenvalue weighted by molar-refractivity contribution is 0.0573. The fourth-order valence-electron chi connectivity index (χ4n) is 2.31. The Balaban J connectivity index is 2.32. The van der Waals surface area contributed by atoms with Gasteiger partial charge in [-0.3, -0.25) is 4.79 Å². The first kappa shape index (κ1) is 15.5. The van der Waals surface area contributed by atoms with Gasteiger partial charge in [0.2, 0.25) is 0 Å². The topological polar surface area (TPSA) is 49.3 Å². The van der Waals surface area contributed by atoms with Crippen LogP contribution in [0.15, 0.2) is 48.5 Å². The maximum atomic E-state index is 11.9. The third kappa shape index (κ3) is 3.63. The molecule has 21 heavy (non-hydrogen) atoms. The molecule has 2 rings (SSSR count). The van der Waals surface area contributed by atoms with Gasteiger partial charge in [-0.15, -0.1) is 0 Å². The average molecular weight is 304 g/mol. The molecule has 2 aromatic carbocycles. The second-order valence-corrected chi connectivity index (χ2v) is 5.63. The van der Waals surface area contributed by atoms with Crippen molar-refractivity contribution in [1.82, 2.24) is 5.32 Å². The van der Waals surface area contributed by atoms with Gasteiger partial charge in [-0.25, -0.2) is 0 Å². The maximum absolute atomic E-state index is 11.9. The normalized spacial score (nSPS) is 13.5. The number of amides is 1. The van der Waals surface area contributed by atoms with Gasteiger partial charge in [0, 0.05) is 24.1 Å². The summed E-state index contributed by atoms with van der Waals surface area (Å²) in [5.41, 5.74) is 1.07. The van der Waals surface area contributed by atoms with Crippen LogP contribution in [0.1, 0.15) is 28.4 Å². The van der Waals surface area contributed by atoms with Crippen molar-refractivity contribution < 1.29 is 9.90 Å². The molecular weight excluding hydrogens is 286 g/mol. The van der Waals surface area contributed by atoms with Crippen LogP contribution in [0.2, 0.25) is 5.02 Å². The quantitative estimate of drug-likeness (QED) is 0.911. The Morgan fingerprint density at radius 2 is 1.81 bits per heavy atom. The highest BCUT2D eigenvalue weighted by Crippen LogP contribution is 2.27. The third-order valence-corrected chi connectivity index (χ3v) is 3.74. The van der Waals surface area contributed by atoms with Crippen LogP contribution in [0, 0.1) is 0 Å². The molecule has 0 saturated carbocycles. The highest BCUT2D eigenvalue weighted by atomic mass is 35.5. The first-order valence-corrected chi connectivity index (χ1v) is 7.10. The van der Waals surface area contributed by atoms with Crippen LogP contribution in [-0.4, -0.2) is 18.1 Å². The van der Waals surface area contributed by atoms with E-state index in [0.29, 0.717) is 17.0 Å². The molecule has 110 valence electrons. The maximum Gasteiger partial charge on any atom is 0.251 e. The van der Waals surface area contributed by atoms with Crippen LogP contribution in [-0.2, 0) is 12.0 Å². The number of nitrogens with one attached hydrogen (secondary N) is 1.